The summed E-state index contributed by atoms with van der Waals surface area (Å²) in [6, 6.07) is 1.98. The zero-order valence-electron chi connectivity index (χ0n) is 10.3. The predicted octanol–water partition coefficient (Wildman–Crippen LogP) is 2.03. The first-order valence-corrected chi connectivity index (χ1v) is 6.38. The van der Waals surface area contributed by atoms with Gasteiger partial charge in [-0.2, -0.15) is 5.10 Å². The number of pyridine rings is 1. The molecule has 0 bridgehead atoms. The van der Waals surface area contributed by atoms with Crippen LogP contribution in [0.3, 0.4) is 0 Å². The number of nitrogens with one attached hydrogen (secondary N) is 1. The van der Waals surface area contributed by atoms with Crippen molar-refractivity contribution in [1.82, 2.24) is 14.8 Å². The third kappa shape index (κ3) is 3.08. The number of hydrogen-bond acceptors (Lipinski definition) is 4. The zero-order chi connectivity index (χ0) is 13.1. The summed E-state index contributed by atoms with van der Waals surface area (Å²) in [6.45, 7) is 2.37. The van der Waals surface area contributed by atoms with Gasteiger partial charge >= 0.3 is 0 Å². The number of aliphatic hydroxyl groups excluding tert-OH is 1. The largest absolute Gasteiger partial charge is 0.386 e. The average Bonchev–Trinajstić information content (AvgIpc) is 2.74. The fraction of sp³-hybridized carbons (Fsp3) is 0.333. The van der Waals surface area contributed by atoms with E-state index in [-0.39, 0.29) is 0 Å². The van der Waals surface area contributed by atoms with E-state index < -0.39 is 6.10 Å². The summed E-state index contributed by atoms with van der Waals surface area (Å²) in [6.07, 6.45) is 4.59. The van der Waals surface area contributed by atoms with E-state index in [1.54, 1.807) is 23.3 Å². The highest BCUT2D eigenvalue weighted by molar-refractivity contribution is 9.10. The molecule has 0 saturated heterocycles. The van der Waals surface area contributed by atoms with Gasteiger partial charge in [0.1, 0.15) is 5.82 Å². The normalized spacial score (nSPS) is 12.4. The van der Waals surface area contributed by atoms with Gasteiger partial charge in [-0.1, -0.05) is 0 Å². The van der Waals surface area contributed by atoms with Gasteiger partial charge < -0.3 is 10.4 Å². The molecule has 2 N–H and O–H groups in total. The van der Waals surface area contributed by atoms with E-state index in [2.05, 4.69) is 31.3 Å². The van der Waals surface area contributed by atoms with Crippen molar-refractivity contribution in [3.8, 4) is 0 Å². The minimum Gasteiger partial charge on any atom is -0.386 e. The lowest BCUT2D eigenvalue weighted by atomic mass is 10.2. The summed E-state index contributed by atoms with van der Waals surface area (Å²) in [5.74, 6) is 0.779. The zero-order valence-corrected chi connectivity index (χ0v) is 11.8. The monoisotopic (exact) mass is 310 g/mol. The highest BCUT2D eigenvalue weighted by Gasteiger charge is 2.10. The Morgan fingerprint density at radius 2 is 2.28 bits per heavy atom. The minimum atomic E-state index is -0.594. The fourth-order valence-electron chi connectivity index (χ4n) is 1.65. The molecule has 2 aromatic heterocycles. The molecular weight excluding hydrogens is 296 g/mol. The van der Waals surface area contributed by atoms with E-state index in [1.807, 2.05) is 20.0 Å². The molecule has 2 heterocycles. The first-order valence-electron chi connectivity index (χ1n) is 5.59. The lowest BCUT2D eigenvalue weighted by Gasteiger charge is -2.12. The molecule has 1 atom stereocenters. The van der Waals surface area contributed by atoms with Gasteiger partial charge in [0.25, 0.3) is 0 Å². The van der Waals surface area contributed by atoms with Gasteiger partial charge in [-0.05, 0) is 34.5 Å². The second-order valence-electron chi connectivity index (χ2n) is 4.16. The Balaban J connectivity index is 1.99. The number of rotatable bonds is 4. The van der Waals surface area contributed by atoms with Crippen LogP contribution < -0.4 is 5.32 Å². The average molecular weight is 311 g/mol. The number of hydrogen-bond donors (Lipinski definition) is 2. The van der Waals surface area contributed by atoms with E-state index in [1.165, 1.54) is 0 Å². The molecule has 0 fully saturated rings. The maximum Gasteiger partial charge on any atom is 0.129 e. The lowest BCUT2D eigenvalue weighted by Crippen LogP contribution is -2.13. The van der Waals surface area contributed by atoms with Crippen molar-refractivity contribution in [3.63, 3.8) is 0 Å². The molecule has 0 aliphatic carbocycles. The number of aryl methyl sites for hydroxylation is 2. The molecule has 0 spiro atoms. The summed E-state index contributed by atoms with van der Waals surface area (Å²) < 4.78 is 2.61. The summed E-state index contributed by atoms with van der Waals surface area (Å²) in [5, 5.41) is 17.1. The third-order valence-corrected chi connectivity index (χ3v) is 3.05. The number of anilines is 1. The van der Waals surface area contributed by atoms with Crippen molar-refractivity contribution < 1.29 is 5.11 Å². The molecule has 18 heavy (non-hydrogen) atoms. The van der Waals surface area contributed by atoms with Crippen molar-refractivity contribution in [2.45, 2.75) is 13.0 Å². The molecule has 0 aliphatic rings. The van der Waals surface area contributed by atoms with Crippen LogP contribution in [0.25, 0.3) is 0 Å². The van der Waals surface area contributed by atoms with Gasteiger partial charge in [-0.15, -0.1) is 0 Å². The van der Waals surface area contributed by atoms with Crippen molar-refractivity contribution >= 4 is 21.7 Å². The molecule has 6 heteroatoms. The van der Waals surface area contributed by atoms with Gasteiger partial charge in [-0.25, -0.2) is 4.98 Å². The molecule has 5 nitrogen and oxygen atoms in total. The van der Waals surface area contributed by atoms with Gasteiger partial charge in [-0.3, -0.25) is 4.68 Å². The summed E-state index contributed by atoms with van der Waals surface area (Å²) in [4.78, 5) is 4.26. The second kappa shape index (κ2) is 5.49. The molecule has 0 aliphatic heterocycles. The fourth-order valence-corrected chi connectivity index (χ4v) is 2.09. The Kier molecular flexibility index (Phi) is 3.98. The standard InChI is InChI=1S/C12H15BrN4O/c1-8-3-10(13)5-14-12(8)15-6-11(18)9-4-16-17(2)7-9/h3-5,7,11,18H,6H2,1-2H3,(H,14,15). The Morgan fingerprint density at radius 1 is 1.50 bits per heavy atom. The van der Waals surface area contributed by atoms with Crippen molar-refractivity contribution in [2.24, 2.45) is 7.05 Å². The molecule has 2 rings (SSSR count). The molecule has 0 radical (unpaired) electrons. The molecular formula is C12H15BrN4O. The van der Waals surface area contributed by atoms with Crippen molar-refractivity contribution in [3.05, 3.63) is 40.3 Å². The molecule has 2 aromatic rings. The van der Waals surface area contributed by atoms with Crippen LogP contribution >= 0.6 is 15.9 Å². The van der Waals surface area contributed by atoms with E-state index in [0.717, 1.165) is 21.4 Å². The topological polar surface area (TPSA) is 63.0 Å². The Labute approximate surface area is 114 Å². The minimum absolute atomic E-state index is 0.404. The van der Waals surface area contributed by atoms with Crippen LogP contribution in [0, 0.1) is 6.92 Å². The highest BCUT2D eigenvalue weighted by Crippen LogP contribution is 2.18. The molecule has 0 amide bonds. The maximum absolute atomic E-state index is 9.99. The van der Waals surface area contributed by atoms with Crippen LogP contribution in [-0.4, -0.2) is 26.4 Å². The number of halogens is 1. The maximum atomic E-state index is 9.99. The number of aliphatic hydroxyl groups is 1. The van der Waals surface area contributed by atoms with Crippen LogP contribution in [0.4, 0.5) is 5.82 Å². The summed E-state index contributed by atoms with van der Waals surface area (Å²) in [5.41, 5.74) is 1.82. The van der Waals surface area contributed by atoms with Crippen LogP contribution in [0.15, 0.2) is 29.1 Å². The van der Waals surface area contributed by atoms with Gasteiger partial charge in [0.2, 0.25) is 0 Å². The van der Waals surface area contributed by atoms with Gasteiger partial charge in [0.15, 0.2) is 0 Å². The Morgan fingerprint density at radius 3 is 2.89 bits per heavy atom. The van der Waals surface area contributed by atoms with E-state index in [0.29, 0.717) is 6.54 Å². The van der Waals surface area contributed by atoms with Gasteiger partial charge in [0.05, 0.1) is 12.3 Å². The van der Waals surface area contributed by atoms with Crippen LogP contribution in [0.5, 0.6) is 0 Å². The number of nitrogens with zero attached hydrogens (tertiary/aromatic N) is 3. The van der Waals surface area contributed by atoms with Crippen molar-refractivity contribution in [2.75, 3.05) is 11.9 Å². The number of aromatic nitrogens is 3. The lowest BCUT2D eigenvalue weighted by molar-refractivity contribution is 0.191. The first kappa shape index (κ1) is 13.0. The van der Waals surface area contributed by atoms with E-state index in [4.69, 9.17) is 0 Å². The molecule has 1 unspecified atom stereocenters. The third-order valence-electron chi connectivity index (χ3n) is 2.62. The predicted molar refractivity (Wildman–Crippen MR) is 73.3 cm³/mol. The van der Waals surface area contributed by atoms with Crippen LogP contribution in [0.1, 0.15) is 17.2 Å². The Bertz CT molecular complexity index is 541. The molecule has 0 saturated carbocycles. The second-order valence-corrected chi connectivity index (χ2v) is 5.08. The van der Waals surface area contributed by atoms with E-state index in [9.17, 15) is 5.11 Å². The summed E-state index contributed by atoms with van der Waals surface area (Å²) >= 11 is 3.37. The summed E-state index contributed by atoms with van der Waals surface area (Å²) in [7, 11) is 1.82. The highest BCUT2D eigenvalue weighted by atomic mass is 79.9. The quantitative estimate of drug-likeness (QED) is 0.907. The molecule has 96 valence electrons. The van der Waals surface area contributed by atoms with Crippen molar-refractivity contribution in [1.29, 1.82) is 0 Å². The van der Waals surface area contributed by atoms with Gasteiger partial charge in [0, 0.05) is 36.0 Å². The van der Waals surface area contributed by atoms with E-state index >= 15 is 0 Å². The van der Waals surface area contributed by atoms with Crippen LogP contribution in [-0.2, 0) is 7.05 Å². The first-order chi connectivity index (χ1) is 8.56. The molecule has 0 aromatic carbocycles. The SMILES string of the molecule is Cc1cc(Br)cnc1NCC(O)c1cnn(C)c1. The smallest absolute Gasteiger partial charge is 0.129 e. The Hall–Kier alpha value is -1.40. The van der Waals surface area contributed by atoms with Crippen LogP contribution in [0.2, 0.25) is 0 Å².